The number of esters is 1. The lowest BCUT2D eigenvalue weighted by atomic mass is 9.95. The van der Waals surface area contributed by atoms with E-state index in [-0.39, 0.29) is 41.4 Å². The Morgan fingerprint density at radius 2 is 2.14 bits per heavy atom. The van der Waals surface area contributed by atoms with Crippen LogP contribution >= 0.6 is 35.7 Å². The van der Waals surface area contributed by atoms with Crippen molar-refractivity contribution in [2.24, 2.45) is 10.9 Å². The Bertz CT molecular complexity index is 525. The van der Waals surface area contributed by atoms with Crippen LogP contribution in [0.1, 0.15) is 26.2 Å². The van der Waals surface area contributed by atoms with Gasteiger partial charge in [0.25, 0.3) is 0 Å². The number of nitrogens with one attached hydrogen (secondary N) is 1. The molecule has 28 heavy (non-hydrogen) atoms. The molecule has 0 aliphatic carbocycles. The average Bonchev–Trinajstić information content (AvgIpc) is 3.20. The Balaban J connectivity index is 0.00000280. The van der Waals surface area contributed by atoms with Crippen LogP contribution in [-0.4, -0.2) is 98.4 Å². The van der Waals surface area contributed by atoms with Crippen molar-refractivity contribution in [3.63, 3.8) is 0 Å². The van der Waals surface area contributed by atoms with E-state index in [2.05, 4.69) is 20.1 Å². The number of likely N-dealkylation sites (tertiary alicyclic amines) is 1. The number of hydrogen-bond acceptors (Lipinski definition) is 6. The predicted octanol–water partition coefficient (Wildman–Crippen LogP) is 1.66. The molecule has 2 atom stereocenters. The third-order valence-electron chi connectivity index (χ3n) is 5.89. The van der Waals surface area contributed by atoms with Crippen LogP contribution in [0.3, 0.4) is 0 Å². The maximum Gasteiger partial charge on any atom is 0.310 e. The molecule has 1 N–H and O–H groups in total. The number of nitrogens with zero attached hydrogens (tertiary/aromatic N) is 3. The second kappa shape index (κ2) is 11.8. The molecule has 7 nitrogen and oxygen atoms in total. The van der Waals surface area contributed by atoms with Gasteiger partial charge in [-0.25, -0.2) is 0 Å². The number of halogens is 1. The van der Waals surface area contributed by atoms with Crippen LogP contribution in [0.5, 0.6) is 0 Å². The lowest BCUT2D eigenvalue weighted by Crippen LogP contribution is -2.60. The van der Waals surface area contributed by atoms with Crippen molar-refractivity contribution < 1.29 is 14.3 Å². The quantitative estimate of drug-likeness (QED) is 0.253. The van der Waals surface area contributed by atoms with Crippen molar-refractivity contribution in [3.8, 4) is 0 Å². The van der Waals surface area contributed by atoms with Crippen molar-refractivity contribution in [2.75, 3.05) is 71.1 Å². The molecule has 0 spiro atoms. The Hall–Kier alpha value is -0.260. The fraction of sp³-hybridized carbons (Fsp3) is 0.895. The summed E-state index contributed by atoms with van der Waals surface area (Å²) in [6.07, 6.45) is 3.10. The summed E-state index contributed by atoms with van der Waals surface area (Å²) in [5.41, 5.74) is 0.181. The van der Waals surface area contributed by atoms with Gasteiger partial charge in [0.2, 0.25) is 0 Å². The van der Waals surface area contributed by atoms with E-state index in [0.29, 0.717) is 13.2 Å². The Kier molecular flexibility index (Phi) is 10.1. The first kappa shape index (κ1) is 24.0. The fourth-order valence-electron chi connectivity index (χ4n) is 4.33. The highest BCUT2D eigenvalue weighted by Crippen LogP contribution is 2.33. The van der Waals surface area contributed by atoms with Gasteiger partial charge in [-0.1, -0.05) is 0 Å². The van der Waals surface area contributed by atoms with Gasteiger partial charge in [-0.15, -0.1) is 24.0 Å². The first-order valence-electron chi connectivity index (χ1n) is 10.2. The predicted molar refractivity (Wildman–Crippen MR) is 125 cm³/mol. The van der Waals surface area contributed by atoms with Gasteiger partial charge in [-0.05, 0) is 31.9 Å². The van der Waals surface area contributed by atoms with Crippen LogP contribution in [0.15, 0.2) is 4.99 Å². The molecule has 0 aromatic carbocycles. The molecule has 0 saturated carbocycles. The summed E-state index contributed by atoms with van der Waals surface area (Å²) in [7, 11) is 1.83. The van der Waals surface area contributed by atoms with E-state index in [1.807, 2.05) is 25.7 Å². The normalized spacial score (nSPS) is 29.3. The zero-order valence-electron chi connectivity index (χ0n) is 17.2. The number of carbonyl (C=O) groups is 1. The zero-order valence-corrected chi connectivity index (χ0v) is 20.3. The number of ether oxygens (including phenoxy) is 2. The van der Waals surface area contributed by atoms with Crippen LogP contribution in [0.4, 0.5) is 0 Å². The summed E-state index contributed by atoms with van der Waals surface area (Å²) in [5, 5.41) is 3.64. The van der Waals surface area contributed by atoms with E-state index < -0.39 is 0 Å². The summed E-state index contributed by atoms with van der Waals surface area (Å²) in [6.45, 7) is 8.51. The SMILES string of the molecule is CCOC(=O)C1CCCN(C(=NC)NCC2(N3CCOCC3)CCSC2)C1.I. The van der Waals surface area contributed by atoms with Gasteiger partial charge in [0, 0.05) is 51.1 Å². The summed E-state index contributed by atoms with van der Waals surface area (Å²) in [4.78, 5) is 21.5. The first-order chi connectivity index (χ1) is 13.2. The van der Waals surface area contributed by atoms with Gasteiger partial charge in [0.05, 0.1) is 25.7 Å². The standard InChI is InChI=1S/C19H34N4O3S.HI/c1-3-26-17(24)16-5-4-7-22(13-16)18(20-2)21-14-19(6-12-27-15-19)23-8-10-25-11-9-23;/h16H,3-15H2,1-2H3,(H,20,21);1H. The van der Waals surface area contributed by atoms with Gasteiger partial charge >= 0.3 is 5.97 Å². The minimum atomic E-state index is -0.0744. The summed E-state index contributed by atoms with van der Waals surface area (Å²) >= 11 is 2.04. The van der Waals surface area contributed by atoms with Crippen LogP contribution in [0.2, 0.25) is 0 Å². The van der Waals surface area contributed by atoms with Crippen LogP contribution in [0.25, 0.3) is 0 Å². The molecule has 2 unspecified atom stereocenters. The summed E-state index contributed by atoms with van der Waals surface area (Å²) in [5.74, 6) is 3.16. The summed E-state index contributed by atoms with van der Waals surface area (Å²) < 4.78 is 10.8. The number of hydrogen-bond donors (Lipinski definition) is 1. The number of piperidine rings is 1. The van der Waals surface area contributed by atoms with Crippen LogP contribution in [-0.2, 0) is 14.3 Å². The molecular weight excluding hydrogens is 491 g/mol. The smallest absolute Gasteiger partial charge is 0.310 e. The Morgan fingerprint density at radius 1 is 1.36 bits per heavy atom. The first-order valence-corrected chi connectivity index (χ1v) is 11.4. The van der Waals surface area contributed by atoms with E-state index >= 15 is 0 Å². The van der Waals surface area contributed by atoms with E-state index in [4.69, 9.17) is 9.47 Å². The maximum atomic E-state index is 12.1. The topological polar surface area (TPSA) is 66.4 Å². The van der Waals surface area contributed by atoms with E-state index in [1.165, 1.54) is 12.2 Å². The third-order valence-corrected chi connectivity index (χ3v) is 7.13. The maximum absolute atomic E-state index is 12.1. The molecule has 3 heterocycles. The molecule has 3 fully saturated rings. The molecule has 0 amide bonds. The lowest BCUT2D eigenvalue weighted by Gasteiger charge is -2.44. The number of rotatable bonds is 5. The van der Waals surface area contributed by atoms with Gasteiger partial charge in [0.1, 0.15) is 0 Å². The van der Waals surface area contributed by atoms with E-state index in [0.717, 1.165) is 63.9 Å². The number of thioether (sulfide) groups is 1. The molecule has 3 rings (SSSR count). The van der Waals surface area contributed by atoms with Crippen LogP contribution in [0, 0.1) is 5.92 Å². The van der Waals surface area contributed by atoms with E-state index in [9.17, 15) is 4.79 Å². The second-order valence-electron chi connectivity index (χ2n) is 7.56. The Labute approximate surface area is 190 Å². The zero-order chi connectivity index (χ0) is 19.1. The highest BCUT2D eigenvalue weighted by Gasteiger charge is 2.41. The minimum absolute atomic E-state index is 0. The Morgan fingerprint density at radius 3 is 2.79 bits per heavy atom. The molecule has 0 aromatic rings. The fourth-order valence-corrected chi connectivity index (χ4v) is 5.81. The van der Waals surface area contributed by atoms with Gasteiger partial charge in [-0.2, -0.15) is 11.8 Å². The number of morpholine rings is 1. The third kappa shape index (κ3) is 5.89. The molecule has 0 radical (unpaired) electrons. The van der Waals surface area contributed by atoms with Gasteiger partial charge in [-0.3, -0.25) is 14.7 Å². The number of carbonyl (C=O) groups excluding carboxylic acids is 1. The molecule has 3 saturated heterocycles. The average molecular weight is 526 g/mol. The van der Waals surface area contributed by atoms with E-state index in [1.54, 1.807) is 0 Å². The van der Waals surface area contributed by atoms with Crippen molar-refractivity contribution in [1.82, 2.24) is 15.1 Å². The molecule has 9 heteroatoms. The highest BCUT2D eigenvalue weighted by atomic mass is 127. The number of guanidine groups is 1. The molecule has 0 aromatic heterocycles. The minimum Gasteiger partial charge on any atom is -0.466 e. The van der Waals surface area contributed by atoms with Crippen molar-refractivity contribution >= 4 is 47.7 Å². The largest absolute Gasteiger partial charge is 0.466 e. The monoisotopic (exact) mass is 526 g/mol. The molecular formula is C19H35IN4O3S. The summed E-state index contributed by atoms with van der Waals surface area (Å²) in [6, 6.07) is 0. The molecule has 162 valence electrons. The van der Waals surface area contributed by atoms with Gasteiger partial charge < -0.3 is 19.7 Å². The highest BCUT2D eigenvalue weighted by molar-refractivity contribution is 14.0. The van der Waals surface area contributed by atoms with Crippen LogP contribution < -0.4 is 5.32 Å². The van der Waals surface area contributed by atoms with Crippen molar-refractivity contribution in [1.29, 1.82) is 0 Å². The second-order valence-corrected chi connectivity index (χ2v) is 8.67. The molecule has 0 bridgehead atoms. The lowest BCUT2D eigenvalue weighted by molar-refractivity contribution is -0.149. The molecule has 3 aliphatic rings. The van der Waals surface area contributed by atoms with Crippen molar-refractivity contribution in [3.05, 3.63) is 0 Å². The molecule has 3 aliphatic heterocycles. The van der Waals surface area contributed by atoms with Gasteiger partial charge in [0.15, 0.2) is 5.96 Å². The van der Waals surface area contributed by atoms with Crippen molar-refractivity contribution in [2.45, 2.75) is 31.7 Å². The number of aliphatic imine (C=N–C) groups is 1.